The summed E-state index contributed by atoms with van der Waals surface area (Å²) in [4.78, 5) is 35.4. The van der Waals surface area contributed by atoms with E-state index in [1.807, 2.05) is 12.1 Å². The molecule has 0 N–H and O–H groups in total. The van der Waals surface area contributed by atoms with Crippen molar-refractivity contribution >= 4 is 17.9 Å². The summed E-state index contributed by atoms with van der Waals surface area (Å²) in [7, 11) is 0. The second-order valence-corrected chi connectivity index (χ2v) is 9.66. The standard InChI is InChI=1S/C26H30O6/c1-6-26(32-17(4)29)12-11-22-21-9-7-18-13-19(30-15(2)27)8-10-20(18)24(21)23(31-16(3)28)14-25(22,26)5/h1,8,10,13,21-24H,7,9,11-12,14H2,2-5H3/t21-,22-,23-,24-,25-,26-/m1/s1. The number of aryl methyl sites for hydroxylation is 1. The molecule has 32 heavy (non-hydrogen) atoms. The molecule has 0 radical (unpaired) electrons. The number of hydrogen-bond acceptors (Lipinski definition) is 6. The Morgan fingerprint density at radius 3 is 2.47 bits per heavy atom. The highest BCUT2D eigenvalue weighted by molar-refractivity contribution is 5.69. The van der Waals surface area contributed by atoms with Gasteiger partial charge in [0.05, 0.1) is 0 Å². The van der Waals surface area contributed by atoms with Gasteiger partial charge in [0.1, 0.15) is 11.9 Å². The lowest BCUT2D eigenvalue weighted by Gasteiger charge is -2.55. The zero-order valence-electron chi connectivity index (χ0n) is 19.1. The van der Waals surface area contributed by atoms with Crippen LogP contribution in [0, 0.1) is 29.6 Å². The number of benzene rings is 1. The van der Waals surface area contributed by atoms with Gasteiger partial charge in [-0.2, -0.15) is 0 Å². The number of esters is 3. The van der Waals surface area contributed by atoms with Gasteiger partial charge in [-0.25, -0.2) is 0 Å². The number of rotatable bonds is 3. The van der Waals surface area contributed by atoms with Gasteiger partial charge >= 0.3 is 17.9 Å². The number of terminal acetylenes is 1. The van der Waals surface area contributed by atoms with Crippen molar-refractivity contribution in [2.75, 3.05) is 0 Å². The van der Waals surface area contributed by atoms with E-state index in [4.69, 9.17) is 20.6 Å². The van der Waals surface area contributed by atoms with Crippen molar-refractivity contribution in [3.63, 3.8) is 0 Å². The van der Waals surface area contributed by atoms with Gasteiger partial charge in [-0.05, 0) is 67.2 Å². The van der Waals surface area contributed by atoms with Crippen molar-refractivity contribution < 1.29 is 28.6 Å². The van der Waals surface area contributed by atoms with Gasteiger partial charge in [0.2, 0.25) is 0 Å². The largest absolute Gasteiger partial charge is 0.462 e. The van der Waals surface area contributed by atoms with Crippen LogP contribution in [0.4, 0.5) is 0 Å². The minimum absolute atomic E-state index is 0.0259. The van der Waals surface area contributed by atoms with Crippen LogP contribution in [0.5, 0.6) is 5.75 Å². The number of hydrogen-bond donors (Lipinski definition) is 0. The van der Waals surface area contributed by atoms with Gasteiger partial charge in [-0.3, -0.25) is 14.4 Å². The van der Waals surface area contributed by atoms with Crippen LogP contribution in [0.2, 0.25) is 0 Å². The molecule has 1 aromatic carbocycles. The van der Waals surface area contributed by atoms with Gasteiger partial charge in [-0.1, -0.05) is 18.9 Å². The van der Waals surface area contributed by atoms with Crippen molar-refractivity contribution in [3.05, 3.63) is 29.3 Å². The predicted molar refractivity (Wildman–Crippen MR) is 117 cm³/mol. The van der Waals surface area contributed by atoms with Gasteiger partial charge < -0.3 is 14.2 Å². The zero-order valence-corrected chi connectivity index (χ0v) is 19.1. The molecular formula is C26H30O6. The second-order valence-electron chi connectivity index (χ2n) is 9.66. The molecule has 0 aromatic heterocycles. The van der Waals surface area contributed by atoms with Crippen LogP contribution >= 0.6 is 0 Å². The normalized spacial score (nSPS) is 34.8. The number of fused-ring (bicyclic) bond motifs is 5. The van der Waals surface area contributed by atoms with E-state index in [9.17, 15) is 14.4 Å². The first kappa shape index (κ1) is 22.4. The minimum atomic E-state index is -0.994. The third-order valence-electron chi connectivity index (χ3n) is 7.90. The van der Waals surface area contributed by atoms with E-state index >= 15 is 0 Å². The Bertz CT molecular complexity index is 1010. The van der Waals surface area contributed by atoms with Crippen molar-refractivity contribution in [3.8, 4) is 18.1 Å². The predicted octanol–water partition coefficient (Wildman–Crippen LogP) is 3.94. The Hall–Kier alpha value is -2.81. The van der Waals surface area contributed by atoms with E-state index in [1.54, 1.807) is 6.07 Å². The maximum Gasteiger partial charge on any atom is 0.308 e. The van der Waals surface area contributed by atoms with Crippen molar-refractivity contribution in [2.45, 2.75) is 77.4 Å². The summed E-state index contributed by atoms with van der Waals surface area (Å²) in [6.07, 6.45) is 9.34. The summed E-state index contributed by atoms with van der Waals surface area (Å²) < 4.78 is 17.0. The zero-order chi connectivity index (χ0) is 23.3. The van der Waals surface area contributed by atoms with Crippen LogP contribution in [-0.4, -0.2) is 29.6 Å². The van der Waals surface area contributed by atoms with E-state index in [2.05, 4.69) is 12.8 Å². The molecule has 0 spiro atoms. The molecule has 0 saturated heterocycles. The first-order valence-corrected chi connectivity index (χ1v) is 11.3. The summed E-state index contributed by atoms with van der Waals surface area (Å²) in [5, 5.41) is 0. The van der Waals surface area contributed by atoms with Crippen molar-refractivity contribution in [2.24, 2.45) is 17.3 Å². The van der Waals surface area contributed by atoms with Gasteiger partial charge in [0.25, 0.3) is 0 Å². The van der Waals surface area contributed by atoms with Crippen LogP contribution in [-0.2, 0) is 30.3 Å². The fourth-order valence-electron chi connectivity index (χ4n) is 6.83. The molecule has 6 atom stereocenters. The van der Waals surface area contributed by atoms with E-state index in [1.165, 1.54) is 20.8 Å². The Kier molecular flexibility index (Phi) is 5.56. The summed E-state index contributed by atoms with van der Waals surface area (Å²) in [6, 6.07) is 5.73. The fourth-order valence-corrected chi connectivity index (χ4v) is 6.83. The molecule has 3 aliphatic rings. The third-order valence-corrected chi connectivity index (χ3v) is 7.90. The SMILES string of the molecule is C#C[C@@]1(OC(C)=O)CC[C@@H]2[C@H]3CCc4cc(OC(C)=O)ccc4[C@H]3[C@H](OC(C)=O)C[C@]21C. The highest BCUT2D eigenvalue weighted by Gasteiger charge is 2.66. The van der Waals surface area contributed by atoms with Crippen LogP contribution in [0.1, 0.15) is 70.4 Å². The first-order chi connectivity index (χ1) is 15.1. The quantitative estimate of drug-likeness (QED) is 0.404. The molecule has 6 nitrogen and oxygen atoms in total. The molecule has 4 rings (SSSR count). The summed E-state index contributed by atoms with van der Waals surface area (Å²) in [5.74, 6) is 2.80. The van der Waals surface area contributed by atoms with Gasteiger partial charge in [-0.15, -0.1) is 6.42 Å². The van der Waals surface area contributed by atoms with Crippen LogP contribution < -0.4 is 4.74 Å². The lowest BCUT2D eigenvalue weighted by atomic mass is 9.52. The van der Waals surface area contributed by atoms with E-state index < -0.39 is 11.0 Å². The topological polar surface area (TPSA) is 78.9 Å². The van der Waals surface area contributed by atoms with Crippen molar-refractivity contribution in [1.29, 1.82) is 0 Å². The molecule has 2 saturated carbocycles. The number of carbonyl (C=O) groups is 3. The fraction of sp³-hybridized carbons (Fsp3) is 0.577. The minimum Gasteiger partial charge on any atom is -0.462 e. The monoisotopic (exact) mass is 438 g/mol. The first-order valence-electron chi connectivity index (χ1n) is 11.3. The van der Waals surface area contributed by atoms with Crippen LogP contribution in [0.15, 0.2) is 18.2 Å². The van der Waals surface area contributed by atoms with Gasteiger partial charge in [0.15, 0.2) is 5.60 Å². The van der Waals surface area contributed by atoms with Crippen LogP contribution in [0.3, 0.4) is 0 Å². The van der Waals surface area contributed by atoms with E-state index in [0.717, 1.165) is 30.4 Å². The second kappa shape index (κ2) is 7.95. The molecule has 0 unspecified atom stereocenters. The van der Waals surface area contributed by atoms with E-state index in [-0.39, 0.29) is 41.8 Å². The summed E-state index contributed by atoms with van der Waals surface area (Å²) in [5.41, 5.74) is 0.777. The molecule has 2 fully saturated rings. The molecule has 0 aliphatic heterocycles. The Labute approximate surface area is 189 Å². The summed E-state index contributed by atoms with van der Waals surface area (Å²) in [6.45, 7) is 6.29. The van der Waals surface area contributed by atoms with Crippen LogP contribution in [0.25, 0.3) is 0 Å². The lowest BCUT2D eigenvalue weighted by molar-refractivity contribution is -0.179. The maximum absolute atomic E-state index is 12.1. The maximum atomic E-state index is 12.1. The smallest absolute Gasteiger partial charge is 0.308 e. The average molecular weight is 439 g/mol. The Balaban J connectivity index is 1.76. The van der Waals surface area contributed by atoms with Crippen molar-refractivity contribution in [1.82, 2.24) is 0 Å². The molecule has 170 valence electrons. The average Bonchev–Trinajstić information content (AvgIpc) is 2.98. The number of ether oxygens (including phenoxy) is 3. The van der Waals surface area contributed by atoms with E-state index in [0.29, 0.717) is 18.6 Å². The Morgan fingerprint density at radius 2 is 1.84 bits per heavy atom. The highest BCUT2D eigenvalue weighted by atomic mass is 16.6. The number of carbonyl (C=O) groups excluding carboxylic acids is 3. The molecule has 0 heterocycles. The Morgan fingerprint density at radius 1 is 1.09 bits per heavy atom. The molecule has 1 aromatic rings. The third kappa shape index (κ3) is 3.48. The molecule has 0 bridgehead atoms. The highest BCUT2D eigenvalue weighted by Crippen LogP contribution is 2.65. The molecular weight excluding hydrogens is 408 g/mol. The molecule has 3 aliphatic carbocycles. The lowest BCUT2D eigenvalue weighted by Crippen LogP contribution is -2.56. The summed E-state index contributed by atoms with van der Waals surface area (Å²) >= 11 is 0. The van der Waals surface area contributed by atoms with Gasteiger partial charge in [0, 0.05) is 32.1 Å². The molecule has 0 amide bonds. The molecule has 6 heteroatoms.